The average Bonchev–Trinajstić information content (AvgIpc) is 2.65. The van der Waals surface area contributed by atoms with Gasteiger partial charge in [0.05, 0.1) is 12.1 Å². The molecule has 0 unspecified atom stereocenters. The van der Waals surface area contributed by atoms with Crippen molar-refractivity contribution in [2.75, 3.05) is 5.32 Å². The molecule has 0 spiro atoms. The molecule has 0 aromatic heterocycles. The van der Waals surface area contributed by atoms with Gasteiger partial charge in [-0.15, -0.1) is 0 Å². The standard InChI is InChI=1S/C12H16N2O2/c13-12(16)8-3-1-4-9(7-8)14-10-5-2-6-11(10)15/h1,3-4,7,10-11,14-15H,2,5-6H2,(H2,13,16)/t10-,11-/m1/s1. The van der Waals surface area contributed by atoms with E-state index in [9.17, 15) is 9.90 Å². The summed E-state index contributed by atoms with van der Waals surface area (Å²) in [5, 5.41) is 12.9. The van der Waals surface area contributed by atoms with Gasteiger partial charge >= 0.3 is 0 Å². The highest BCUT2D eigenvalue weighted by molar-refractivity contribution is 5.93. The van der Waals surface area contributed by atoms with Crippen LogP contribution in [-0.2, 0) is 0 Å². The van der Waals surface area contributed by atoms with Gasteiger partial charge in [-0.2, -0.15) is 0 Å². The van der Waals surface area contributed by atoms with E-state index < -0.39 is 5.91 Å². The molecule has 4 nitrogen and oxygen atoms in total. The van der Waals surface area contributed by atoms with E-state index in [1.54, 1.807) is 18.2 Å². The highest BCUT2D eigenvalue weighted by atomic mass is 16.3. The molecule has 2 atom stereocenters. The molecule has 1 aromatic carbocycles. The molecule has 4 heteroatoms. The minimum atomic E-state index is -0.435. The molecule has 1 saturated carbocycles. The first-order valence-corrected chi connectivity index (χ1v) is 5.51. The van der Waals surface area contributed by atoms with Crippen molar-refractivity contribution >= 4 is 11.6 Å². The number of hydrogen-bond donors (Lipinski definition) is 3. The van der Waals surface area contributed by atoms with Crippen LogP contribution in [0.4, 0.5) is 5.69 Å². The monoisotopic (exact) mass is 220 g/mol. The molecule has 86 valence electrons. The predicted molar refractivity (Wildman–Crippen MR) is 62.2 cm³/mol. The summed E-state index contributed by atoms with van der Waals surface area (Å²) in [6.07, 6.45) is 2.54. The maximum Gasteiger partial charge on any atom is 0.248 e. The van der Waals surface area contributed by atoms with Crippen molar-refractivity contribution < 1.29 is 9.90 Å². The Morgan fingerprint density at radius 3 is 2.88 bits per heavy atom. The molecule has 1 fully saturated rings. The molecule has 0 heterocycles. The Morgan fingerprint density at radius 2 is 2.25 bits per heavy atom. The molecule has 0 radical (unpaired) electrons. The summed E-state index contributed by atoms with van der Waals surface area (Å²) in [5.41, 5.74) is 6.52. The summed E-state index contributed by atoms with van der Waals surface area (Å²) in [7, 11) is 0. The zero-order valence-corrected chi connectivity index (χ0v) is 9.02. The Bertz CT molecular complexity index is 392. The van der Waals surface area contributed by atoms with Gasteiger partial charge in [-0.25, -0.2) is 0 Å². The van der Waals surface area contributed by atoms with Crippen molar-refractivity contribution in [3.05, 3.63) is 29.8 Å². The van der Waals surface area contributed by atoms with Gasteiger partial charge in [0.2, 0.25) is 5.91 Å². The van der Waals surface area contributed by atoms with Crippen LogP contribution in [0.25, 0.3) is 0 Å². The Hall–Kier alpha value is -1.55. The third-order valence-electron chi connectivity index (χ3n) is 2.98. The van der Waals surface area contributed by atoms with Crippen LogP contribution in [0.5, 0.6) is 0 Å². The summed E-state index contributed by atoms with van der Waals surface area (Å²) in [4.78, 5) is 11.0. The van der Waals surface area contributed by atoms with Crippen LogP contribution in [0.2, 0.25) is 0 Å². The third kappa shape index (κ3) is 2.33. The number of anilines is 1. The van der Waals surface area contributed by atoms with Crippen LogP contribution in [0.15, 0.2) is 24.3 Å². The van der Waals surface area contributed by atoms with Gasteiger partial charge in [0.25, 0.3) is 0 Å². The molecule has 0 bridgehead atoms. The SMILES string of the molecule is NC(=O)c1cccc(N[C@@H]2CCC[C@H]2O)c1. The molecule has 0 saturated heterocycles. The molecule has 1 aliphatic carbocycles. The van der Waals surface area contributed by atoms with Gasteiger partial charge in [-0.05, 0) is 37.5 Å². The number of aliphatic hydroxyl groups excluding tert-OH is 1. The van der Waals surface area contributed by atoms with Crippen LogP contribution < -0.4 is 11.1 Å². The number of amides is 1. The van der Waals surface area contributed by atoms with E-state index in [2.05, 4.69) is 5.32 Å². The van der Waals surface area contributed by atoms with Crippen LogP contribution in [0.1, 0.15) is 29.6 Å². The third-order valence-corrected chi connectivity index (χ3v) is 2.98. The van der Waals surface area contributed by atoms with Crippen molar-refractivity contribution in [1.82, 2.24) is 0 Å². The van der Waals surface area contributed by atoms with E-state index >= 15 is 0 Å². The van der Waals surface area contributed by atoms with Gasteiger partial charge in [-0.1, -0.05) is 6.07 Å². The van der Waals surface area contributed by atoms with Crippen molar-refractivity contribution in [2.45, 2.75) is 31.4 Å². The minimum absolute atomic E-state index is 0.0862. The number of primary amides is 1. The van der Waals surface area contributed by atoms with Crippen LogP contribution >= 0.6 is 0 Å². The highest BCUT2D eigenvalue weighted by Crippen LogP contribution is 2.23. The lowest BCUT2D eigenvalue weighted by Gasteiger charge is -2.17. The largest absolute Gasteiger partial charge is 0.391 e. The fourth-order valence-corrected chi connectivity index (χ4v) is 2.09. The van der Waals surface area contributed by atoms with Crippen LogP contribution in [-0.4, -0.2) is 23.2 Å². The fourth-order valence-electron chi connectivity index (χ4n) is 2.09. The number of carbonyl (C=O) groups is 1. The van der Waals surface area contributed by atoms with Crippen molar-refractivity contribution in [1.29, 1.82) is 0 Å². The number of rotatable bonds is 3. The van der Waals surface area contributed by atoms with E-state index in [-0.39, 0.29) is 12.1 Å². The Kier molecular flexibility index (Phi) is 3.10. The van der Waals surface area contributed by atoms with E-state index in [1.165, 1.54) is 0 Å². The van der Waals surface area contributed by atoms with Crippen LogP contribution in [0.3, 0.4) is 0 Å². The van der Waals surface area contributed by atoms with Crippen molar-refractivity contribution in [3.63, 3.8) is 0 Å². The summed E-state index contributed by atoms with van der Waals surface area (Å²) in [6.45, 7) is 0. The Balaban J connectivity index is 2.09. The van der Waals surface area contributed by atoms with Gasteiger partial charge in [0, 0.05) is 11.3 Å². The second kappa shape index (κ2) is 4.53. The molecule has 1 aromatic rings. The molecular weight excluding hydrogens is 204 g/mol. The van der Waals surface area contributed by atoms with E-state index in [1.807, 2.05) is 6.07 Å². The van der Waals surface area contributed by atoms with E-state index in [0.717, 1.165) is 24.9 Å². The van der Waals surface area contributed by atoms with Crippen molar-refractivity contribution in [3.8, 4) is 0 Å². The molecule has 1 amide bonds. The summed E-state index contributed by atoms with van der Waals surface area (Å²) in [5.74, 6) is -0.435. The lowest BCUT2D eigenvalue weighted by Crippen LogP contribution is -2.28. The summed E-state index contributed by atoms with van der Waals surface area (Å²) < 4.78 is 0. The molecule has 16 heavy (non-hydrogen) atoms. The second-order valence-corrected chi connectivity index (χ2v) is 4.19. The maximum absolute atomic E-state index is 11.0. The van der Waals surface area contributed by atoms with Gasteiger partial charge in [-0.3, -0.25) is 4.79 Å². The van der Waals surface area contributed by atoms with Crippen molar-refractivity contribution in [2.24, 2.45) is 5.73 Å². The molecule has 1 aliphatic rings. The number of nitrogens with two attached hydrogens (primary N) is 1. The van der Waals surface area contributed by atoms with E-state index in [0.29, 0.717) is 5.56 Å². The number of benzene rings is 1. The highest BCUT2D eigenvalue weighted by Gasteiger charge is 2.24. The summed E-state index contributed by atoms with van der Waals surface area (Å²) in [6, 6.07) is 7.14. The zero-order chi connectivity index (χ0) is 11.5. The number of carbonyl (C=O) groups excluding carboxylic acids is 1. The van der Waals surface area contributed by atoms with Gasteiger partial charge in [0.15, 0.2) is 0 Å². The van der Waals surface area contributed by atoms with Crippen LogP contribution in [0, 0.1) is 0 Å². The smallest absolute Gasteiger partial charge is 0.248 e. The maximum atomic E-state index is 11.0. The Morgan fingerprint density at radius 1 is 1.44 bits per heavy atom. The second-order valence-electron chi connectivity index (χ2n) is 4.19. The fraction of sp³-hybridized carbons (Fsp3) is 0.417. The minimum Gasteiger partial charge on any atom is -0.391 e. The van der Waals surface area contributed by atoms with Gasteiger partial charge < -0.3 is 16.2 Å². The molecular formula is C12H16N2O2. The van der Waals surface area contributed by atoms with E-state index in [4.69, 9.17) is 5.73 Å². The van der Waals surface area contributed by atoms with Gasteiger partial charge in [0.1, 0.15) is 0 Å². The number of aliphatic hydroxyl groups is 1. The Labute approximate surface area is 94.5 Å². The molecule has 2 rings (SSSR count). The molecule has 0 aliphatic heterocycles. The first kappa shape index (κ1) is 11.0. The predicted octanol–water partition coefficient (Wildman–Crippen LogP) is 1.11. The zero-order valence-electron chi connectivity index (χ0n) is 9.02. The lowest BCUT2D eigenvalue weighted by atomic mass is 10.1. The quantitative estimate of drug-likeness (QED) is 0.714. The first-order valence-electron chi connectivity index (χ1n) is 5.51. The summed E-state index contributed by atoms with van der Waals surface area (Å²) >= 11 is 0. The first-order chi connectivity index (χ1) is 7.66. The average molecular weight is 220 g/mol. The number of hydrogen-bond acceptors (Lipinski definition) is 3. The lowest BCUT2D eigenvalue weighted by molar-refractivity contribution is 0.100. The number of nitrogens with one attached hydrogen (secondary N) is 1. The topological polar surface area (TPSA) is 75.4 Å². The molecule has 4 N–H and O–H groups in total. The normalized spacial score (nSPS) is 24.3.